The van der Waals surface area contributed by atoms with Crippen LogP contribution >= 0.6 is 0 Å². The van der Waals surface area contributed by atoms with Gasteiger partial charge in [0.25, 0.3) is 0 Å². The van der Waals surface area contributed by atoms with E-state index in [0.717, 1.165) is 24.0 Å². The van der Waals surface area contributed by atoms with E-state index >= 15 is 0 Å². The maximum Gasteiger partial charge on any atom is 0.223 e. The average molecular weight is 309 g/mol. The smallest absolute Gasteiger partial charge is 0.223 e. The third-order valence-electron chi connectivity index (χ3n) is 4.40. The molecule has 0 unspecified atom stereocenters. The molecule has 0 aromatic heterocycles. The minimum atomic E-state index is -0.176. The van der Waals surface area contributed by atoms with Crippen molar-refractivity contribution in [2.45, 2.75) is 38.6 Å². The molecule has 3 rings (SSSR count). The minimum Gasteiger partial charge on any atom is -0.508 e. The lowest BCUT2D eigenvalue weighted by Gasteiger charge is -2.20. The summed E-state index contributed by atoms with van der Waals surface area (Å²) in [5, 5.41) is 12.7. The summed E-state index contributed by atoms with van der Waals surface area (Å²) in [7, 11) is 0. The molecule has 1 amide bonds. The van der Waals surface area contributed by atoms with Crippen LogP contribution in [0.1, 0.15) is 55.3 Å². The van der Waals surface area contributed by atoms with Crippen molar-refractivity contribution in [2.24, 2.45) is 5.92 Å². The van der Waals surface area contributed by atoms with E-state index in [4.69, 9.17) is 0 Å². The second-order valence-electron chi connectivity index (χ2n) is 6.63. The van der Waals surface area contributed by atoms with Gasteiger partial charge < -0.3 is 10.4 Å². The molecule has 3 heteroatoms. The molecule has 1 saturated carbocycles. The average Bonchev–Trinajstić information content (AvgIpc) is 3.38. The van der Waals surface area contributed by atoms with Crippen LogP contribution in [0.2, 0.25) is 0 Å². The van der Waals surface area contributed by atoms with E-state index in [2.05, 4.69) is 43.4 Å². The fraction of sp³-hybridized carbons (Fsp3) is 0.350. The summed E-state index contributed by atoms with van der Waals surface area (Å²) in [6.07, 6.45) is 1.97. The van der Waals surface area contributed by atoms with E-state index in [1.54, 1.807) is 12.1 Å². The Labute approximate surface area is 137 Å². The third-order valence-corrected chi connectivity index (χ3v) is 4.40. The molecule has 2 N–H and O–H groups in total. The number of phenolic OH excluding ortho intramolecular Hbond substituents is 1. The second-order valence-corrected chi connectivity index (χ2v) is 6.63. The Balaban J connectivity index is 1.89. The first-order chi connectivity index (χ1) is 11.0. The number of amides is 1. The van der Waals surface area contributed by atoms with Crippen LogP contribution in [0.25, 0.3) is 0 Å². The van der Waals surface area contributed by atoms with E-state index in [-0.39, 0.29) is 23.6 Å². The lowest BCUT2D eigenvalue weighted by molar-refractivity contribution is -0.122. The molecule has 0 spiro atoms. The Morgan fingerprint density at radius 3 is 1.91 bits per heavy atom. The molecule has 0 bridgehead atoms. The van der Waals surface area contributed by atoms with Gasteiger partial charge in [-0.2, -0.15) is 0 Å². The molecule has 0 heterocycles. The van der Waals surface area contributed by atoms with E-state index in [1.165, 1.54) is 5.56 Å². The highest BCUT2D eigenvalue weighted by atomic mass is 16.3. The van der Waals surface area contributed by atoms with Crippen LogP contribution in [0, 0.1) is 5.92 Å². The van der Waals surface area contributed by atoms with E-state index in [0.29, 0.717) is 5.92 Å². The largest absolute Gasteiger partial charge is 0.508 e. The van der Waals surface area contributed by atoms with Gasteiger partial charge in [0.2, 0.25) is 5.91 Å². The summed E-state index contributed by atoms with van der Waals surface area (Å²) in [5.74, 6) is 1.01. The van der Waals surface area contributed by atoms with Crippen LogP contribution in [0.5, 0.6) is 5.75 Å². The van der Waals surface area contributed by atoms with Gasteiger partial charge in [0, 0.05) is 5.92 Å². The standard InChI is InChI=1S/C20H23NO2/c1-13(2)14-3-5-15(6-4-14)19(21-20(23)17-7-8-17)16-9-11-18(22)12-10-16/h3-6,9-13,17,19,22H,7-8H2,1-2H3,(H,21,23)/t19-/m1/s1. The highest BCUT2D eigenvalue weighted by Crippen LogP contribution is 2.32. The molecule has 0 saturated heterocycles. The first-order valence-corrected chi connectivity index (χ1v) is 8.24. The molecule has 1 aliphatic rings. The molecule has 1 fully saturated rings. The van der Waals surface area contributed by atoms with Crippen molar-refractivity contribution >= 4 is 5.91 Å². The third kappa shape index (κ3) is 3.73. The van der Waals surface area contributed by atoms with Gasteiger partial charge in [-0.15, -0.1) is 0 Å². The Kier molecular flexibility index (Phi) is 4.37. The van der Waals surface area contributed by atoms with Crippen molar-refractivity contribution in [3.05, 3.63) is 65.2 Å². The maximum atomic E-state index is 12.2. The van der Waals surface area contributed by atoms with Crippen LogP contribution in [-0.4, -0.2) is 11.0 Å². The normalized spacial score (nSPS) is 15.4. The van der Waals surface area contributed by atoms with Gasteiger partial charge in [-0.3, -0.25) is 4.79 Å². The van der Waals surface area contributed by atoms with Gasteiger partial charge in [-0.1, -0.05) is 50.2 Å². The molecule has 1 aliphatic carbocycles. The maximum absolute atomic E-state index is 12.2. The summed E-state index contributed by atoms with van der Waals surface area (Å²) in [6.45, 7) is 4.34. The molecule has 2 aromatic rings. The number of carbonyl (C=O) groups excluding carboxylic acids is 1. The van der Waals surface area contributed by atoms with E-state index in [1.807, 2.05) is 12.1 Å². The number of rotatable bonds is 5. The van der Waals surface area contributed by atoms with Crippen LogP contribution < -0.4 is 5.32 Å². The zero-order valence-corrected chi connectivity index (χ0v) is 13.6. The molecule has 1 atom stereocenters. The van der Waals surface area contributed by atoms with E-state index in [9.17, 15) is 9.90 Å². The van der Waals surface area contributed by atoms with Crippen molar-refractivity contribution in [3.63, 3.8) is 0 Å². The van der Waals surface area contributed by atoms with Crippen molar-refractivity contribution < 1.29 is 9.90 Å². The van der Waals surface area contributed by atoms with Crippen LogP contribution in [0.4, 0.5) is 0 Å². The lowest BCUT2D eigenvalue weighted by atomic mass is 9.95. The summed E-state index contributed by atoms with van der Waals surface area (Å²) in [4.78, 5) is 12.2. The van der Waals surface area contributed by atoms with Gasteiger partial charge in [0.05, 0.1) is 6.04 Å². The first kappa shape index (κ1) is 15.6. The monoisotopic (exact) mass is 309 g/mol. The fourth-order valence-electron chi connectivity index (χ4n) is 2.70. The molecule has 0 aliphatic heterocycles. The van der Waals surface area contributed by atoms with Crippen LogP contribution in [0.15, 0.2) is 48.5 Å². The van der Waals surface area contributed by atoms with Gasteiger partial charge in [-0.05, 0) is 47.6 Å². The second kappa shape index (κ2) is 6.45. The SMILES string of the molecule is CC(C)c1ccc([C@@H](NC(=O)C2CC2)c2ccc(O)cc2)cc1. The number of nitrogens with one attached hydrogen (secondary N) is 1. The first-order valence-electron chi connectivity index (χ1n) is 8.24. The molecule has 2 aromatic carbocycles. The number of hydrogen-bond donors (Lipinski definition) is 2. The molecule has 120 valence electrons. The topological polar surface area (TPSA) is 49.3 Å². The Morgan fingerprint density at radius 1 is 0.957 bits per heavy atom. The zero-order chi connectivity index (χ0) is 16.4. The molecule has 3 nitrogen and oxygen atoms in total. The summed E-state index contributed by atoms with van der Waals surface area (Å²) >= 11 is 0. The van der Waals surface area contributed by atoms with Gasteiger partial charge in [-0.25, -0.2) is 0 Å². The number of carbonyl (C=O) groups is 1. The molecule has 0 radical (unpaired) electrons. The number of aromatic hydroxyl groups is 1. The predicted octanol–water partition coefficient (Wildman–Crippen LogP) is 4.13. The van der Waals surface area contributed by atoms with E-state index < -0.39 is 0 Å². The van der Waals surface area contributed by atoms with Crippen molar-refractivity contribution in [2.75, 3.05) is 0 Å². The van der Waals surface area contributed by atoms with Gasteiger partial charge in [0.1, 0.15) is 5.75 Å². The summed E-state index contributed by atoms with van der Waals surface area (Å²) < 4.78 is 0. The molecular formula is C20H23NO2. The summed E-state index contributed by atoms with van der Waals surface area (Å²) in [5.41, 5.74) is 3.33. The number of benzene rings is 2. The summed E-state index contributed by atoms with van der Waals surface area (Å²) in [6, 6.07) is 15.3. The number of phenols is 1. The highest BCUT2D eigenvalue weighted by molar-refractivity contribution is 5.81. The predicted molar refractivity (Wildman–Crippen MR) is 91.3 cm³/mol. The Morgan fingerprint density at radius 2 is 1.43 bits per heavy atom. The lowest BCUT2D eigenvalue weighted by Crippen LogP contribution is -2.30. The van der Waals surface area contributed by atoms with Crippen LogP contribution in [0.3, 0.4) is 0 Å². The Hall–Kier alpha value is -2.29. The quantitative estimate of drug-likeness (QED) is 0.872. The van der Waals surface area contributed by atoms with Crippen molar-refractivity contribution in [3.8, 4) is 5.75 Å². The molecular weight excluding hydrogens is 286 g/mol. The Bertz CT molecular complexity index is 670. The highest BCUT2D eigenvalue weighted by Gasteiger charge is 2.31. The van der Waals surface area contributed by atoms with Crippen LogP contribution in [-0.2, 0) is 4.79 Å². The molecule has 23 heavy (non-hydrogen) atoms. The minimum absolute atomic E-state index is 0.121. The van der Waals surface area contributed by atoms with Crippen molar-refractivity contribution in [1.29, 1.82) is 0 Å². The number of hydrogen-bond acceptors (Lipinski definition) is 2. The fourth-order valence-corrected chi connectivity index (χ4v) is 2.70. The zero-order valence-electron chi connectivity index (χ0n) is 13.6. The van der Waals surface area contributed by atoms with Gasteiger partial charge >= 0.3 is 0 Å². The van der Waals surface area contributed by atoms with Gasteiger partial charge in [0.15, 0.2) is 0 Å². The van der Waals surface area contributed by atoms with Crippen molar-refractivity contribution in [1.82, 2.24) is 5.32 Å².